The van der Waals surface area contributed by atoms with Gasteiger partial charge >= 0.3 is 5.97 Å². The van der Waals surface area contributed by atoms with Gasteiger partial charge in [-0.05, 0) is 74.9 Å². The lowest BCUT2D eigenvalue weighted by atomic mass is 10.00. The van der Waals surface area contributed by atoms with Gasteiger partial charge in [-0.25, -0.2) is 10.2 Å². The lowest BCUT2D eigenvalue weighted by molar-refractivity contribution is -0.0105. The van der Waals surface area contributed by atoms with Gasteiger partial charge in [0.05, 0.1) is 35.4 Å². The number of nitrogens with zero attached hydrogens (tertiary/aromatic N) is 3. The molecular weight excluding hydrogens is 567 g/mol. The van der Waals surface area contributed by atoms with Crippen molar-refractivity contribution in [2.24, 2.45) is 5.10 Å². The van der Waals surface area contributed by atoms with E-state index in [9.17, 15) is 9.59 Å². The average molecular weight is 597 g/mol. The maximum atomic E-state index is 12.5. The Morgan fingerprint density at radius 3 is 2.34 bits per heavy atom. The van der Waals surface area contributed by atoms with Crippen LogP contribution >= 0.6 is 23.2 Å². The summed E-state index contributed by atoms with van der Waals surface area (Å²) in [5.41, 5.74) is 5.64. The summed E-state index contributed by atoms with van der Waals surface area (Å²) in [5.74, 6) is 0.441. The summed E-state index contributed by atoms with van der Waals surface area (Å²) >= 11 is 13.0. The van der Waals surface area contributed by atoms with Crippen molar-refractivity contribution in [3.05, 3.63) is 75.0 Å². The van der Waals surface area contributed by atoms with E-state index in [2.05, 4.69) is 20.6 Å². The largest absolute Gasteiger partial charge is 0.465 e. The second-order valence-corrected chi connectivity index (χ2v) is 11.6. The number of methoxy groups -OCH3 is 1. The van der Waals surface area contributed by atoms with E-state index in [1.807, 2.05) is 6.07 Å². The molecule has 11 heteroatoms. The van der Waals surface area contributed by atoms with Crippen LogP contribution in [0.5, 0.6) is 0 Å². The molecule has 2 saturated heterocycles. The fraction of sp³-hybridized carbons (Fsp3) is 0.400. The number of ether oxygens (including phenoxy) is 2. The normalized spacial score (nSPS) is 21.8. The van der Waals surface area contributed by atoms with E-state index in [-0.39, 0.29) is 24.1 Å². The average Bonchev–Trinajstić information content (AvgIpc) is 3.70. The van der Waals surface area contributed by atoms with Gasteiger partial charge in [0.15, 0.2) is 0 Å². The molecule has 3 fully saturated rings. The summed E-state index contributed by atoms with van der Waals surface area (Å²) in [7, 11) is 1.32. The number of benzene rings is 2. The minimum atomic E-state index is -0.451. The molecule has 1 saturated carbocycles. The van der Waals surface area contributed by atoms with Crippen LogP contribution in [-0.2, 0) is 16.1 Å². The van der Waals surface area contributed by atoms with Gasteiger partial charge in [0.2, 0.25) is 0 Å². The predicted octanol–water partition coefficient (Wildman–Crippen LogP) is 6.20. The molecule has 9 nitrogen and oxygen atoms in total. The Kier molecular flexibility index (Phi) is 8.01. The van der Waals surface area contributed by atoms with Crippen LogP contribution in [0.1, 0.15) is 76.5 Å². The molecule has 1 aliphatic carbocycles. The highest BCUT2D eigenvalue weighted by Gasteiger charge is 2.41. The molecule has 6 rings (SSSR count). The molecule has 2 bridgehead atoms. The summed E-state index contributed by atoms with van der Waals surface area (Å²) < 4.78 is 17.0. The van der Waals surface area contributed by atoms with Crippen molar-refractivity contribution in [1.29, 1.82) is 0 Å². The highest BCUT2D eigenvalue weighted by molar-refractivity contribution is 6.39. The third-order valence-electron chi connectivity index (χ3n) is 8.10. The number of esters is 1. The van der Waals surface area contributed by atoms with E-state index < -0.39 is 5.97 Å². The third kappa shape index (κ3) is 5.84. The number of hydrogen-bond acceptors (Lipinski definition) is 7. The van der Waals surface area contributed by atoms with Crippen LogP contribution < -0.4 is 5.43 Å². The fourth-order valence-corrected chi connectivity index (χ4v) is 6.41. The Morgan fingerprint density at radius 2 is 1.71 bits per heavy atom. The van der Waals surface area contributed by atoms with E-state index in [1.54, 1.807) is 42.7 Å². The zero-order valence-corrected chi connectivity index (χ0v) is 24.0. The summed E-state index contributed by atoms with van der Waals surface area (Å²) in [4.78, 5) is 26.3. The van der Waals surface area contributed by atoms with Crippen LogP contribution in [-0.4, -0.2) is 53.6 Å². The second-order valence-electron chi connectivity index (χ2n) is 10.7. The Hall–Kier alpha value is -3.40. The first kappa shape index (κ1) is 27.8. The number of carbonyl (C=O) groups excluding carboxylic acids is 2. The molecule has 2 aliphatic heterocycles. The highest BCUT2D eigenvalue weighted by Crippen LogP contribution is 2.46. The minimum absolute atomic E-state index is 0.0802. The van der Waals surface area contributed by atoms with E-state index in [1.165, 1.54) is 7.11 Å². The first-order chi connectivity index (χ1) is 19.9. The van der Waals surface area contributed by atoms with Gasteiger partial charge < -0.3 is 18.9 Å². The van der Waals surface area contributed by atoms with Gasteiger partial charge in [0, 0.05) is 34.7 Å². The Morgan fingerprint density at radius 1 is 1.05 bits per heavy atom. The molecule has 214 valence electrons. The lowest BCUT2D eigenvalue weighted by Gasteiger charge is -2.37. The van der Waals surface area contributed by atoms with Crippen LogP contribution in [0, 0.1) is 0 Å². The molecule has 3 atom stereocenters. The third-order valence-corrected chi connectivity index (χ3v) is 8.73. The maximum absolute atomic E-state index is 12.5. The smallest absolute Gasteiger partial charge is 0.337 e. The van der Waals surface area contributed by atoms with Crippen LogP contribution in [0.25, 0.3) is 11.3 Å². The van der Waals surface area contributed by atoms with Crippen LogP contribution in [0.15, 0.2) is 52.1 Å². The van der Waals surface area contributed by atoms with Crippen LogP contribution in [0.2, 0.25) is 10.0 Å². The first-order valence-electron chi connectivity index (χ1n) is 13.8. The van der Waals surface area contributed by atoms with Gasteiger partial charge in [-0.1, -0.05) is 34.4 Å². The van der Waals surface area contributed by atoms with E-state index in [0.717, 1.165) is 49.8 Å². The molecule has 1 aromatic heterocycles. The van der Waals surface area contributed by atoms with Crippen molar-refractivity contribution in [2.75, 3.05) is 7.11 Å². The number of nitrogens with one attached hydrogen (secondary N) is 1. The Balaban J connectivity index is 1.07. The maximum Gasteiger partial charge on any atom is 0.337 e. The monoisotopic (exact) mass is 596 g/mol. The molecule has 3 aliphatic rings. The molecular formula is C30H30Cl2N4O5. The molecule has 0 radical (unpaired) electrons. The molecule has 1 unspecified atom stereocenters. The van der Waals surface area contributed by atoms with Gasteiger partial charge in [-0.2, -0.15) is 5.10 Å². The first-order valence-corrected chi connectivity index (χ1v) is 14.5. The number of carbonyl (C=O) groups is 2. The molecule has 2 aromatic carbocycles. The number of hydrogen-bond donors (Lipinski definition) is 1. The van der Waals surface area contributed by atoms with E-state index >= 15 is 0 Å². The van der Waals surface area contributed by atoms with Gasteiger partial charge in [-0.3, -0.25) is 4.79 Å². The van der Waals surface area contributed by atoms with Crippen molar-refractivity contribution in [2.45, 2.75) is 69.2 Å². The zero-order valence-electron chi connectivity index (χ0n) is 22.5. The van der Waals surface area contributed by atoms with E-state index in [0.29, 0.717) is 45.0 Å². The number of piperidine rings is 1. The number of aromatic nitrogens is 1. The molecule has 41 heavy (non-hydrogen) atoms. The minimum Gasteiger partial charge on any atom is -0.465 e. The van der Waals surface area contributed by atoms with Gasteiger partial charge in [0.25, 0.3) is 5.91 Å². The summed E-state index contributed by atoms with van der Waals surface area (Å²) in [6.45, 7) is 0.384. The lowest BCUT2D eigenvalue weighted by Crippen LogP contribution is -2.45. The second kappa shape index (κ2) is 11.8. The molecule has 1 amide bonds. The summed E-state index contributed by atoms with van der Waals surface area (Å²) in [6, 6.07) is 12.2. The van der Waals surface area contributed by atoms with Crippen molar-refractivity contribution >= 4 is 41.4 Å². The number of hydrazone groups is 1. The van der Waals surface area contributed by atoms with Crippen LogP contribution in [0.3, 0.4) is 0 Å². The Labute approximate surface area is 247 Å². The van der Waals surface area contributed by atoms with Crippen molar-refractivity contribution in [1.82, 2.24) is 15.5 Å². The zero-order chi connectivity index (χ0) is 28.5. The highest BCUT2D eigenvalue weighted by atomic mass is 35.5. The molecule has 3 aromatic rings. The number of fused-ring (bicyclic) bond motifs is 2. The van der Waals surface area contributed by atoms with Gasteiger partial charge in [0.1, 0.15) is 17.8 Å². The predicted molar refractivity (Wildman–Crippen MR) is 154 cm³/mol. The van der Waals surface area contributed by atoms with E-state index in [4.69, 9.17) is 37.2 Å². The number of amides is 1. The fourth-order valence-electron chi connectivity index (χ4n) is 5.83. The SMILES string of the molecule is COC(=O)c1ccc(C(=O)N/N=C/N2[C@@H]3CC[C@H]2CC(OCc2c(-c4c(Cl)cccc4Cl)noc2C2CC2)C3)cc1. The molecule has 0 spiro atoms. The van der Waals surface area contributed by atoms with Gasteiger partial charge in [-0.15, -0.1) is 0 Å². The quantitative estimate of drug-likeness (QED) is 0.136. The molecule has 3 heterocycles. The molecule has 1 N–H and O–H groups in total. The number of rotatable bonds is 9. The van der Waals surface area contributed by atoms with Crippen molar-refractivity contribution in [3.63, 3.8) is 0 Å². The Bertz CT molecular complexity index is 1440. The standard InChI is InChI=1S/C30H30Cl2N4O5/c1-39-30(38)19-9-7-18(8-10-19)29(37)34-33-16-36-20-11-12-21(36)14-22(13-20)40-15-23-27(35-41-28(23)17-5-6-17)26-24(31)3-2-4-25(26)32/h2-4,7-10,16-17,20-22H,5-6,11-15H2,1H3,(H,34,37)/b33-16+/t20-,21+,22?. The van der Waals surface area contributed by atoms with Crippen LogP contribution in [0.4, 0.5) is 0 Å². The summed E-state index contributed by atoms with van der Waals surface area (Å²) in [6.07, 6.45) is 7.76. The summed E-state index contributed by atoms with van der Waals surface area (Å²) in [5, 5.41) is 9.65. The van der Waals surface area contributed by atoms with Crippen molar-refractivity contribution < 1.29 is 23.6 Å². The number of halogens is 2. The van der Waals surface area contributed by atoms with Crippen molar-refractivity contribution in [3.8, 4) is 11.3 Å². The topological polar surface area (TPSA) is 106 Å².